The van der Waals surface area contributed by atoms with Crippen LogP contribution in [0.2, 0.25) is 0 Å². The summed E-state index contributed by atoms with van der Waals surface area (Å²) in [5.74, 6) is -0.231. The SMILES string of the molecule is CC(=O)c1cnc(-c2ccn3c(-c4cccc(CC(=O)CCC(F)(F)F)c4)cnc3c2)nc1N. The Labute approximate surface area is 192 Å². The van der Waals surface area contributed by atoms with E-state index in [9.17, 15) is 22.8 Å². The van der Waals surface area contributed by atoms with E-state index < -0.39 is 24.8 Å². The van der Waals surface area contributed by atoms with Gasteiger partial charge in [0, 0.05) is 36.4 Å². The van der Waals surface area contributed by atoms with Gasteiger partial charge in [-0.15, -0.1) is 0 Å². The summed E-state index contributed by atoms with van der Waals surface area (Å²) in [6.45, 7) is 1.39. The number of nitrogens with two attached hydrogens (primary N) is 1. The molecule has 3 heterocycles. The number of pyridine rings is 1. The van der Waals surface area contributed by atoms with Crippen LogP contribution in [0.15, 0.2) is 55.0 Å². The number of nitrogens with zero attached hydrogens (tertiary/aromatic N) is 4. The van der Waals surface area contributed by atoms with Gasteiger partial charge >= 0.3 is 6.18 Å². The lowest BCUT2D eigenvalue weighted by Gasteiger charge is -2.08. The van der Waals surface area contributed by atoms with Gasteiger partial charge in [0.2, 0.25) is 0 Å². The van der Waals surface area contributed by atoms with Crippen LogP contribution in [-0.2, 0) is 11.2 Å². The zero-order valence-electron chi connectivity index (χ0n) is 18.1. The van der Waals surface area contributed by atoms with Crippen molar-refractivity contribution in [2.75, 3.05) is 5.73 Å². The first-order valence-electron chi connectivity index (χ1n) is 10.4. The van der Waals surface area contributed by atoms with Gasteiger partial charge in [-0.05, 0) is 30.7 Å². The van der Waals surface area contributed by atoms with Crippen molar-refractivity contribution in [2.45, 2.75) is 32.4 Å². The molecule has 2 N–H and O–H groups in total. The molecule has 4 rings (SSSR count). The number of benzene rings is 1. The summed E-state index contributed by atoms with van der Waals surface area (Å²) < 4.78 is 38.9. The van der Waals surface area contributed by atoms with Gasteiger partial charge < -0.3 is 5.73 Å². The number of nitrogen functional groups attached to an aromatic ring is 1. The second-order valence-electron chi connectivity index (χ2n) is 7.87. The smallest absolute Gasteiger partial charge is 0.383 e. The molecule has 0 aliphatic heterocycles. The van der Waals surface area contributed by atoms with Crippen LogP contribution in [0.4, 0.5) is 19.0 Å². The van der Waals surface area contributed by atoms with Crippen LogP contribution in [0.25, 0.3) is 28.3 Å². The number of alkyl halides is 3. The van der Waals surface area contributed by atoms with Crippen molar-refractivity contribution in [1.82, 2.24) is 19.4 Å². The molecule has 0 aliphatic rings. The number of hydrogen-bond donors (Lipinski definition) is 1. The fraction of sp³-hybridized carbons (Fsp3) is 0.208. The standard InChI is InChI=1S/C24H20F3N5O2/c1-14(33)19-12-30-23(31-22(19)28)17-6-8-32-20(13-29-21(32)11-17)16-4-2-3-15(9-16)10-18(34)5-7-24(25,26)27/h2-4,6,8-9,11-13H,5,7,10H2,1H3,(H2,28,30,31). The molecule has 0 fully saturated rings. The van der Waals surface area contributed by atoms with Crippen molar-refractivity contribution in [2.24, 2.45) is 0 Å². The molecule has 34 heavy (non-hydrogen) atoms. The summed E-state index contributed by atoms with van der Waals surface area (Å²) in [4.78, 5) is 36.4. The maximum absolute atomic E-state index is 12.4. The van der Waals surface area contributed by atoms with Crippen LogP contribution in [0.1, 0.15) is 35.7 Å². The molecule has 0 saturated carbocycles. The minimum atomic E-state index is -4.35. The maximum Gasteiger partial charge on any atom is 0.389 e. The summed E-state index contributed by atoms with van der Waals surface area (Å²) in [5, 5.41) is 0. The lowest BCUT2D eigenvalue weighted by molar-refractivity contribution is -0.143. The van der Waals surface area contributed by atoms with Crippen LogP contribution in [-0.4, -0.2) is 37.1 Å². The fourth-order valence-electron chi connectivity index (χ4n) is 3.58. The minimum Gasteiger partial charge on any atom is -0.383 e. The minimum absolute atomic E-state index is 0.0696. The predicted octanol–water partition coefficient (Wildman–Crippen LogP) is 4.70. The zero-order valence-corrected chi connectivity index (χ0v) is 18.1. The monoisotopic (exact) mass is 467 g/mol. The molecule has 0 unspecified atom stereocenters. The fourth-order valence-corrected chi connectivity index (χ4v) is 3.58. The number of imidazole rings is 1. The molecule has 0 amide bonds. The Balaban J connectivity index is 1.58. The number of carbonyl (C=O) groups excluding carboxylic acids is 2. The number of anilines is 1. The second kappa shape index (κ2) is 9.05. The molecule has 174 valence electrons. The number of carbonyl (C=O) groups is 2. The van der Waals surface area contributed by atoms with Crippen molar-refractivity contribution in [3.05, 3.63) is 66.1 Å². The van der Waals surface area contributed by atoms with Gasteiger partial charge in [0.05, 0.1) is 23.9 Å². The van der Waals surface area contributed by atoms with Gasteiger partial charge in [0.25, 0.3) is 0 Å². The molecule has 4 aromatic rings. The molecule has 0 spiro atoms. The second-order valence-corrected chi connectivity index (χ2v) is 7.87. The zero-order chi connectivity index (χ0) is 24.5. The number of halogens is 3. The highest BCUT2D eigenvalue weighted by Gasteiger charge is 2.27. The number of ketones is 2. The van der Waals surface area contributed by atoms with Crippen LogP contribution < -0.4 is 5.73 Å². The van der Waals surface area contributed by atoms with E-state index in [1.165, 1.54) is 13.1 Å². The molecular weight excluding hydrogens is 447 g/mol. The molecule has 3 aromatic heterocycles. The van der Waals surface area contributed by atoms with Crippen molar-refractivity contribution in [3.63, 3.8) is 0 Å². The first kappa shape index (κ1) is 23.1. The first-order valence-corrected chi connectivity index (χ1v) is 10.4. The Bertz CT molecular complexity index is 1400. The van der Waals surface area contributed by atoms with Crippen LogP contribution in [0.3, 0.4) is 0 Å². The van der Waals surface area contributed by atoms with Gasteiger partial charge in [0.1, 0.15) is 17.2 Å². The van der Waals surface area contributed by atoms with Crippen LogP contribution in [0, 0.1) is 0 Å². The predicted molar refractivity (Wildman–Crippen MR) is 120 cm³/mol. The Morgan fingerprint density at radius 1 is 1.06 bits per heavy atom. The molecule has 0 radical (unpaired) electrons. The van der Waals surface area contributed by atoms with Crippen molar-refractivity contribution >= 4 is 23.0 Å². The highest BCUT2D eigenvalue weighted by atomic mass is 19.4. The van der Waals surface area contributed by atoms with E-state index in [1.807, 2.05) is 10.5 Å². The third-order valence-corrected chi connectivity index (χ3v) is 5.28. The van der Waals surface area contributed by atoms with E-state index in [2.05, 4.69) is 15.0 Å². The third-order valence-electron chi connectivity index (χ3n) is 5.28. The number of hydrogen-bond acceptors (Lipinski definition) is 6. The van der Waals surface area contributed by atoms with Crippen LogP contribution in [0.5, 0.6) is 0 Å². The molecule has 0 atom stereocenters. The number of Topliss-reactive ketones (excluding diaryl/α,β-unsaturated/α-hetero) is 2. The maximum atomic E-state index is 12.4. The Kier molecular flexibility index (Phi) is 6.14. The summed E-state index contributed by atoms with van der Waals surface area (Å²) >= 11 is 0. The number of aromatic nitrogens is 4. The average Bonchev–Trinajstić information content (AvgIpc) is 3.20. The van der Waals surface area contributed by atoms with Gasteiger partial charge in [0.15, 0.2) is 11.6 Å². The van der Waals surface area contributed by atoms with E-state index >= 15 is 0 Å². The Hall–Kier alpha value is -4.08. The van der Waals surface area contributed by atoms with E-state index in [1.54, 1.807) is 42.7 Å². The lowest BCUT2D eigenvalue weighted by Crippen LogP contribution is -2.12. The topological polar surface area (TPSA) is 103 Å². The van der Waals surface area contributed by atoms with E-state index in [-0.39, 0.29) is 23.6 Å². The normalized spacial score (nSPS) is 11.6. The lowest BCUT2D eigenvalue weighted by atomic mass is 10.0. The summed E-state index contributed by atoms with van der Waals surface area (Å²) in [6, 6.07) is 10.6. The molecule has 7 nitrogen and oxygen atoms in total. The van der Waals surface area contributed by atoms with E-state index in [4.69, 9.17) is 5.73 Å². The summed E-state index contributed by atoms with van der Waals surface area (Å²) in [6.07, 6.45) is -1.23. The van der Waals surface area contributed by atoms with Crippen molar-refractivity contribution in [1.29, 1.82) is 0 Å². The highest BCUT2D eigenvalue weighted by Crippen LogP contribution is 2.26. The number of rotatable bonds is 7. The number of fused-ring (bicyclic) bond motifs is 1. The van der Waals surface area contributed by atoms with Gasteiger partial charge in [-0.2, -0.15) is 13.2 Å². The largest absolute Gasteiger partial charge is 0.389 e. The Morgan fingerprint density at radius 2 is 1.85 bits per heavy atom. The van der Waals surface area contributed by atoms with Crippen LogP contribution >= 0.6 is 0 Å². The Morgan fingerprint density at radius 3 is 2.56 bits per heavy atom. The molecular formula is C24H20F3N5O2. The first-order chi connectivity index (χ1) is 16.1. The quantitative estimate of drug-likeness (QED) is 0.395. The van der Waals surface area contributed by atoms with Gasteiger partial charge in [-0.25, -0.2) is 15.0 Å². The van der Waals surface area contributed by atoms with Crippen molar-refractivity contribution in [3.8, 4) is 22.6 Å². The average molecular weight is 467 g/mol. The summed E-state index contributed by atoms with van der Waals surface area (Å²) in [7, 11) is 0. The summed E-state index contributed by atoms with van der Waals surface area (Å²) in [5.41, 5.74) is 9.54. The third kappa shape index (κ3) is 5.11. The molecule has 0 aliphatic carbocycles. The van der Waals surface area contributed by atoms with E-state index in [0.29, 0.717) is 22.6 Å². The van der Waals surface area contributed by atoms with Gasteiger partial charge in [-0.3, -0.25) is 14.0 Å². The molecule has 0 bridgehead atoms. The molecule has 0 saturated heterocycles. The highest BCUT2D eigenvalue weighted by molar-refractivity contribution is 5.98. The molecule has 10 heteroatoms. The van der Waals surface area contributed by atoms with E-state index in [0.717, 1.165) is 11.3 Å². The molecule has 1 aromatic carbocycles. The van der Waals surface area contributed by atoms with Gasteiger partial charge in [-0.1, -0.05) is 18.2 Å². The van der Waals surface area contributed by atoms with Crippen molar-refractivity contribution < 1.29 is 22.8 Å².